The first-order chi connectivity index (χ1) is 13.7. The predicted octanol–water partition coefficient (Wildman–Crippen LogP) is -1.99. The molecule has 1 aliphatic rings. The Kier molecular flexibility index (Phi) is 10.5. The average molecular weight is 432 g/mol. The van der Waals surface area contributed by atoms with Gasteiger partial charge < -0.3 is 32.1 Å². The van der Waals surface area contributed by atoms with E-state index in [-0.39, 0.29) is 12.8 Å². The number of rotatable bonds is 12. The quantitative estimate of drug-likeness (QED) is 0.235. The Bertz CT molecular complexity index is 631. The van der Waals surface area contributed by atoms with Crippen LogP contribution in [0.5, 0.6) is 0 Å². The molecule has 1 saturated heterocycles. The van der Waals surface area contributed by atoms with Crippen LogP contribution in [-0.2, 0) is 24.0 Å². The summed E-state index contributed by atoms with van der Waals surface area (Å²) < 4.78 is 0. The second kappa shape index (κ2) is 12.3. The van der Waals surface area contributed by atoms with Crippen molar-refractivity contribution in [3.8, 4) is 0 Å². The highest BCUT2D eigenvalue weighted by molar-refractivity contribution is 7.98. The number of aliphatic carboxylic acids is 1. The molecule has 0 aromatic heterocycles. The van der Waals surface area contributed by atoms with Gasteiger partial charge in [-0.05, 0) is 37.7 Å². The molecule has 1 aliphatic heterocycles. The Morgan fingerprint density at radius 1 is 1.24 bits per heavy atom. The number of likely N-dealkylation sites (tertiary alicyclic amines) is 1. The Morgan fingerprint density at radius 3 is 2.52 bits per heavy atom. The van der Waals surface area contributed by atoms with Crippen LogP contribution in [0.15, 0.2) is 0 Å². The van der Waals surface area contributed by atoms with E-state index in [4.69, 9.17) is 11.5 Å². The number of nitrogens with two attached hydrogens (primary N) is 2. The average Bonchev–Trinajstić information content (AvgIpc) is 3.16. The number of nitrogens with one attached hydrogen (secondary N) is 2. The highest BCUT2D eigenvalue weighted by Crippen LogP contribution is 2.19. The van der Waals surface area contributed by atoms with Crippen molar-refractivity contribution in [3.05, 3.63) is 0 Å². The van der Waals surface area contributed by atoms with Crippen molar-refractivity contribution in [2.24, 2.45) is 11.5 Å². The van der Waals surface area contributed by atoms with E-state index in [1.165, 1.54) is 16.7 Å². The van der Waals surface area contributed by atoms with Crippen molar-refractivity contribution in [2.75, 3.05) is 25.1 Å². The van der Waals surface area contributed by atoms with Crippen LogP contribution >= 0.6 is 11.8 Å². The van der Waals surface area contributed by atoms with Crippen LogP contribution in [-0.4, -0.2) is 82.8 Å². The number of hydrogen-bond acceptors (Lipinski definition) is 7. The Balaban J connectivity index is 2.62. The maximum absolute atomic E-state index is 12.8. The summed E-state index contributed by atoms with van der Waals surface area (Å²) in [4.78, 5) is 60.2. The van der Waals surface area contributed by atoms with Gasteiger partial charge in [-0.3, -0.25) is 19.2 Å². The monoisotopic (exact) mass is 431 g/mol. The lowest BCUT2D eigenvalue weighted by Gasteiger charge is -2.27. The van der Waals surface area contributed by atoms with Gasteiger partial charge in [0, 0.05) is 13.0 Å². The molecule has 0 aliphatic carbocycles. The third-order valence-electron chi connectivity index (χ3n) is 4.53. The van der Waals surface area contributed by atoms with Gasteiger partial charge in [-0.1, -0.05) is 0 Å². The summed E-state index contributed by atoms with van der Waals surface area (Å²) in [5.74, 6) is -2.70. The maximum Gasteiger partial charge on any atom is 0.326 e. The minimum Gasteiger partial charge on any atom is -0.480 e. The molecule has 1 rings (SSSR count). The summed E-state index contributed by atoms with van der Waals surface area (Å²) in [5, 5.41) is 14.2. The van der Waals surface area contributed by atoms with Gasteiger partial charge in [-0.2, -0.15) is 11.8 Å². The van der Waals surface area contributed by atoms with Gasteiger partial charge in [-0.15, -0.1) is 0 Å². The molecule has 4 amide bonds. The summed E-state index contributed by atoms with van der Waals surface area (Å²) in [6.45, 7) is -0.0681. The van der Waals surface area contributed by atoms with Gasteiger partial charge in [0.15, 0.2) is 0 Å². The summed E-state index contributed by atoms with van der Waals surface area (Å²) in [5.41, 5.74) is 10.6. The van der Waals surface area contributed by atoms with Gasteiger partial charge in [-0.25, -0.2) is 4.79 Å². The maximum atomic E-state index is 12.8. The number of thioether (sulfide) groups is 1. The number of amides is 4. The molecule has 3 unspecified atom stereocenters. The van der Waals surface area contributed by atoms with Gasteiger partial charge in [0.05, 0.1) is 12.6 Å². The first kappa shape index (κ1) is 24.7. The molecule has 0 saturated carbocycles. The number of primary amides is 1. The van der Waals surface area contributed by atoms with E-state index >= 15 is 0 Å². The minimum atomic E-state index is -1.07. The first-order valence-electron chi connectivity index (χ1n) is 9.30. The van der Waals surface area contributed by atoms with Crippen LogP contribution < -0.4 is 22.1 Å². The van der Waals surface area contributed by atoms with Gasteiger partial charge >= 0.3 is 5.97 Å². The van der Waals surface area contributed by atoms with E-state index < -0.39 is 54.3 Å². The Morgan fingerprint density at radius 2 is 1.93 bits per heavy atom. The zero-order valence-corrected chi connectivity index (χ0v) is 17.2. The van der Waals surface area contributed by atoms with E-state index in [1.807, 2.05) is 6.26 Å². The molecular weight excluding hydrogens is 402 g/mol. The zero-order valence-electron chi connectivity index (χ0n) is 16.4. The van der Waals surface area contributed by atoms with Crippen LogP contribution in [0.4, 0.5) is 0 Å². The lowest BCUT2D eigenvalue weighted by Crippen LogP contribution is -2.54. The van der Waals surface area contributed by atoms with Crippen molar-refractivity contribution < 1.29 is 29.1 Å². The number of carboxylic acids is 1. The second-order valence-electron chi connectivity index (χ2n) is 6.76. The lowest BCUT2D eigenvalue weighted by atomic mass is 10.1. The van der Waals surface area contributed by atoms with Gasteiger partial charge in [0.2, 0.25) is 23.6 Å². The highest BCUT2D eigenvalue weighted by atomic mass is 32.2. The van der Waals surface area contributed by atoms with Crippen molar-refractivity contribution in [3.63, 3.8) is 0 Å². The number of hydrogen-bond donors (Lipinski definition) is 5. The fourth-order valence-corrected chi connectivity index (χ4v) is 3.42. The fourth-order valence-electron chi connectivity index (χ4n) is 2.95. The minimum absolute atomic E-state index is 0.0490. The molecule has 0 bridgehead atoms. The third kappa shape index (κ3) is 8.28. The first-order valence-corrected chi connectivity index (χ1v) is 10.7. The van der Waals surface area contributed by atoms with E-state index in [2.05, 4.69) is 10.6 Å². The molecule has 12 heteroatoms. The smallest absolute Gasteiger partial charge is 0.326 e. The third-order valence-corrected chi connectivity index (χ3v) is 5.17. The van der Waals surface area contributed by atoms with Crippen LogP contribution in [0, 0.1) is 0 Å². The molecule has 0 aromatic carbocycles. The highest BCUT2D eigenvalue weighted by Gasteiger charge is 2.37. The molecule has 0 radical (unpaired) electrons. The molecule has 0 spiro atoms. The summed E-state index contributed by atoms with van der Waals surface area (Å²) >= 11 is 1.49. The largest absolute Gasteiger partial charge is 0.480 e. The number of carbonyl (C=O) groups is 5. The standard InChI is InChI=1S/C17H29N5O6S/c1-29-8-6-11(16(26)22-7-2-3-12(22)17(27)28)21-14(24)9-20-15(25)10(18)4-5-13(19)23/h10-12H,2-9,18H2,1H3,(H2,19,23)(H,20,25)(H,21,24)(H,27,28). The molecule has 11 nitrogen and oxygen atoms in total. The topological polar surface area (TPSA) is 185 Å². The molecule has 7 N–H and O–H groups in total. The van der Waals surface area contributed by atoms with Gasteiger partial charge in [0.25, 0.3) is 0 Å². The van der Waals surface area contributed by atoms with E-state index in [0.717, 1.165) is 0 Å². The Hall–Kier alpha value is -2.34. The Labute approximate surface area is 173 Å². The van der Waals surface area contributed by atoms with Crippen molar-refractivity contribution >= 4 is 41.4 Å². The predicted molar refractivity (Wildman–Crippen MR) is 107 cm³/mol. The fraction of sp³-hybridized carbons (Fsp3) is 0.706. The summed E-state index contributed by atoms with van der Waals surface area (Å²) in [6.07, 6.45) is 3.16. The molecule has 3 atom stereocenters. The number of carbonyl (C=O) groups excluding carboxylic acids is 4. The lowest BCUT2D eigenvalue weighted by molar-refractivity contribution is -0.149. The second-order valence-corrected chi connectivity index (χ2v) is 7.74. The SMILES string of the molecule is CSCCC(NC(=O)CNC(=O)C(N)CCC(N)=O)C(=O)N1CCCC1C(=O)O. The van der Waals surface area contributed by atoms with E-state index in [9.17, 15) is 29.1 Å². The van der Waals surface area contributed by atoms with Gasteiger partial charge in [0.1, 0.15) is 12.1 Å². The summed E-state index contributed by atoms with van der Waals surface area (Å²) in [6, 6.07) is -2.75. The summed E-state index contributed by atoms with van der Waals surface area (Å²) in [7, 11) is 0. The van der Waals surface area contributed by atoms with Crippen molar-refractivity contribution in [1.29, 1.82) is 0 Å². The molecule has 164 valence electrons. The number of carboxylic acid groups (broad SMARTS) is 1. The molecule has 0 aromatic rings. The van der Waals surface area contributed by atoms with E-state index in [1.54, 1.807) is 0 Å². The molecule has 1 fully saturated rings. The van der Waals surface area contributed by atoms with Crippen LogP contribution in [0.2, 0.25) is 0 Å². The zero-order chi connectivity index (χ0) is 22.0. The van der Waals surface area contributed by atoms with Crippen LogP contribution in [0.3, 0.4) is 0 Å². The van der Waals surface area contributed by atoms with Crippen LogP contribution in [0.1, 0.15) is 32.1 Å². The van der Waals surface area contributed by atoms with Crippen molar-refractivity contribution in [1.82, 2.24) is 15.5 Å². The molecule has 29 heavy (non-hydrogen) atoms. The molecular formula is C17H29N5O6S. The van der Waals surface area contributed by atoms with Crippen LogP contribution in [0.25, 0.3) is 0 Å². The van der Waals surface area contributed by atoms with E-state index in [0.29, 0.717) is 31.6 Å². The normalized spacial score (nSPS) is 18.0. The number of nitrogens with zero attached hydrogens (tertiary/aromatic N) is 1. The molecule has 1 heterocycles. The van der Waals surface area contributed by atoms with Crippen molar-refractivity contribution in [2.45, 2.75) is 50.2 Å².